The number of carboxylic acid groups (broad SMARTS) is 1. The van der Waals surface area contributed by atoms with Crippen molar-refractivity contribution in [2.75, 3.05) is 6.54 Å². The molecule has 0 radical (unpaired) electrons. The molecule has 6 nitrogen and oxygen atoms in total. The molecule has 2 rings (SSSR count). The van der Waals surface area contributed by atoms with Gasteiger partial charge in [-0.15, -0.1) is 0 Å². The van der Waals surface area contributed by atoms with E-state index in [9.17, 15) is 18.3 Å². The molecule has 1 saturated heterocycles. The van der Waals surface area contributed by atoms with E-state index in [0.29, 0.717) is 0 Å². The third kappa shape index (κ3) is 2.59. The van der Waals surface area contributed by atoms with Crippen LogP contribution in [0.1, 0.15) is 6.42 Å². The van der Waals surface area contributed by atoms with Gasteiger partial charge in [0.1, 0.15) is 10.9 Å². The number of carbonyl (C=O) groups is 1. The van der Waals surface area contributed by atoms with Gasteiger partial charge in [-0.25, -0.2) is 8.42 Å². The number of nitrogens with zero attached hydrogens (tertiary/aromatic N) is 1. The first-order valence-corrected chi connectivity index (χ1v) is 7.33. The maximum atomic E-state index is 12.4. The fourth-order valence-corrected chi connectivity index (χ4v) is 4.18. The van der Waals surface area contributed by atoms with E-state index >= 15 is 0 Å². The summed E-state index contributed by atoms with van der Waals surface area (Å²) in [5, 5.41) is 18.5. The quantitative estimate of drug-likeness (QED) is 0.850. The van der Waals surface area contributed by atoms with Crippen molar-refractivity contribution < 1.29 is 23.4 Å². The molecule has 2 N–H and O–H groups in total. The van der Waals surface area contributed by atoms with Gasteiger partial charge in [0.2, 0.25) is 10.0 Å². The average molecular weight is 306 g/mol. The van der Waals surface area contributed by atoms with Crippen LogP contribution in [-0.2, 0) is 14.8 Å². The zero-order chi connectivity index (χ0) is 14.2. The highest BCUT2D eigenvalue weighted by Gasteiger charge is 2.44. The predicted molar refractivity (Wildman–Crippen MR) is 67.4 cm³/mol. The highest BCUT2D eigenvalue weighted by atomic mass is 35.5. The summed E-state index contributed by atoms with van der Waals surface area (Å²) >= 11 is 5.84. The van der Waals surface area contributed by atoms with Crippen molar-refractivity contribution in [3.63, 3.8) is 0 Å². The third-order valence-electron chi connectivity index (χ3n) is 2.94. The molecule has 104 valence electrons. The molecule has 0 amide bonds. The number of carboxylic acids is 1. The fraction of sp³-hybridized carbons (Fsp3) is 0.364. The second kappa shape index (κ2) is 5.09. The molecule has 1 aromatic rings. The highest BCUT2D eigenvalue weighted by Crippen LogP contribution is 2.30. The smallest absolute Gasteiger partial charge is 0.322 e. The number of hydrogen-bond acceptors (Lipinski definition) is 4. The van der Waals surface area contributed by atoms with Crippen molar-refractivity contribution in [2.45, 2.75) is 23.5 Å². The minimum atomic E-state index is -4.04. The second-order valence-corrected chi connectivity index (χ2v) is 6.51. The summed E-state index contributed by atoms with van der Waals surface area (Å²) in [6.07, 6.45) is -1.11. The molecular formula is C11H12ClNO5S. The van der Waals surface area contributed by atoms with E-state index in [4.69, 9.17) is 16.7 Å². The topological polar surface area (TPSA) is 94.9 Å². The molecule has 19 heavy (non-hydrogen) atoms. The first-order chi connectivity index (χ1) is 8.84. The molecule has 0 aliphatic carbocycles. The Morgan fingerprint density at radius 3 is 2.58 bits per heavy atom. The normalized spacial score (nSPS) is 24.5. The van der Waals surface area contributed by atoms with Crippen molar-refractivity contribution in [1.29, 1.82) is 0 Å². The summed E-state index contributed by atoms with van der Waals surface area (Å²) < 4.78 is 25.5. The molecule has 1 heterocycles. The zero-order valence-electron chi connectivity index (χ0n) is 9.73. The minimum Gasteiger partial charge on any atom is -0.480 e. The summed E-state index contributed by atoms with van der Waals surface area (Å²) in [4.78, 5) is 10.9. The number of aliphatic carboxylic acids is 1. The van der Waals surface area contributed by atoms with Crippen LogP contribution in [0.25, 0.3) is 0 Å². The fourth-order valence-electron chi connectivity index (χ4n) is 2.05. The molecule has 2 atom stereocenters. The van der Waals surface area contributed by atoms with Crippen LogP contribution < -0.4 is 0 Å². The van der Waals surface area contributed by atoms with Gasteiger partial charge in [-0.05, 0) is 12.1 Å². The number of hydrogen-bond donors (Lipinski definition) is 2. The Morgan fingerprint density at radius 2 is 2.00 bits per heavy atom. The van der Waals surface area contributed by atoms with Gasteiger partial charge < -0.3 is 10.2 Å². The molecule has 1 aromatic carbocycles. The average Bonchev–Trinajstić information content (AvgIpc) is 2.72. The molecule has 0 unspecified atom stereocenters. The van der Waals surface area contributed by atoms with Crippen LogP contribution in [0.2, 0.25) is 5.02 Å². The number of aliphatic hydroxyl groups excluding tert-OH is 1. The number of halogens is 1. The molecule has 0 saturated carbocycles. The van der Waals surface area contributed by atoms with Crippen LogP contribution in [0.3, 0.4) is 0 Å². The maximum Gasteiger partial charge on any atom is 0.322 e. The lowest BCUT2D eigenvalue weighted by molar-refractivity contribution is -0.140. The van der Waals surface area contributed by atoms with Crippen molar-refractivity contribution in [3.05, 3.63) is 29.3 Å². The first kappa shape index (κ1) is 14.3. The Labute approximate surface area is 115 Å². The van der Waals surface area contributed by atoms with Gasteiger partial charge >= 0.3 is 5.97 Å². The van der Waals surface area contributed by atoms with Crippen molar-refractivity contribution >= 4 is 27.6 Å². The third-order valence-corrected chi connectivity index (χ3v) is 5.32. The van der Waals surface area contributed by atoms with Crippen molar-refractivity contribution in [3.8, 4) is 0 Å². The molecule has 0 aromatic heterocycles. The van der Waals surface area contributed by atoms with E-state index in [-0.39, 0.29) is 22.9 Å². The number of sulfonamides is 1. The molecule has 8 heteroatoms. The Bertz CT molecular complexity index is 603. The van der Waals surface area contributed by atoms with Crippen molar-refractivity contribution in [2.24, 2.45) is 0 Å². The monoisotopic (exact) mass is 305 g/mol. The van der Waals surface area contributed by atoms with E-state index < -0.39 is 28.1 Å². The van der Waals surface area contributed by atoms with Crippen molar-refractivity contribution in [1.82, 2.24) is 4.31 Å². The van der Waals surface area contributed by atoms with Crippen LogP contribution in [0.15, 0.2) is 29.2 Å². The van der Waals surface area contributed by atoms with E-state index in [1.54, 1.807) is 6.07 Å². The van der Waals surface area contributed by atoms with E-state index in [1.165, 1.54) is 18.2 Å². The summed E-state index contributed by atoms with van der Waals surface area (Å²) in [6, 6.07) is 4.53. The number of benzene rings is 1. The van der Waals surface area contributed by atoms with E-state index in [2.05, 4.69) is 0 Å². The van der Waals surface area contributed by atoms with Gasteiger partial charge in [0, 0.05) is 13.0 Å². The summed E-state index contributed by atoms with van der Waals surface area (Å²) in [7, 11) is -4.04. The summed E-state index contributed by atoms with van der Waals surface area (Å²) in [6.45, 7) is -0.246. The lowest BCUT2D eigenvalue weighted by atomic mass is 10.2. The Hall–Kier alpha value is -1.15. The predicted octanol–water partition coefficient (Wildman–Crippen LogP) is 0.548. The van der Waals surface area contributed by atoms with E-state index in [0.717, 1.165) is 4.31 Å². The number of aliphatic hydroxyl groups is 1. The first-order valence-electron chi connectivity index (χ1n) is 5.51. The van der Waals surface area contributed by atoms with Crippen LogP contribution in [-0.4, -0.2) is 47.6 Å². The van der Waals surface area contributed by atoms with Gasteiger partial charge in [-0.1, -0.05) is 23.7 Å². The molecule has 1 fully saturated rings. The molecule has 1 aliphatic heterocycles. The Balaban J connectivity index is 2.45. The lowest BCUT2D eigenvalue weighted by Gasteiger charge is -2.21. The number of β-amino-alcohol motifs (C(OH)–C–C–N with tert-alkyl or cyclic N) is 1. The number of rotatable bonds is 3. The van der Waals surface area contributed by atoms with Crippen LogP contribution in [0.5, 0.6) is 0 Å². The Kier molecular flexibility index (Phi) is 3.82. The molecule has 1 aliphatic rings. The highest BCUT2D eigenvalue weighted by molar-refractivity contribution is 7.89. The molecular weight excluding hydrogens is 294 g/mol. The van der Waals surface area contributed by atoms with Gasteiger partial charge in [-0.3, -0.25) is 4.79 Å². The van der Waals surface area contributed by atoms with Gasteiger partial charge in [-0.2, -0.15) is 4.31 Å². The van der Waals surface area contributed by atoms with Crippen LogP contribution in [0, 0.1) is 0 Å². The van der Waals surface area contributed by atoms with Crippen LogP contribution in [0.4, 0.5) is 0 Å². The Morgan fingerprint density at radius 1 is 1.37 bits per heavy atom. The molecule has 0 bridgehead atoms. The minimum absolute atomic E-state index is 0.0213. The van der Waals surface area contributed by atoms with Gasteiger partial charge in [0.05, 0.1) is 11.1 Å². The lowest BCUT2D eigenvalue weighted by Crippen LogP contribution is -2.40. The summed E-state index contributed by atoms with van der Waals surface area (Å²) in [5.74, 6) is -1.29. The summed E-state index contributed by atoms with van der Waals surface area (Å²) in [5.41, 5.74) is 0. The van der Waals surface area contributed by atoms with E-state index in [1.807, 2.05) is 0 Å². The zero-order valence-corrected chi connectivity index (χ0v) is 11.3. The molecule has 0 spiro atoms. The second-order valence-electron chi connectivity index (χ2n) is 4.25. The maximum absolute atomic E-state index is 12.4. The largest absolute Gasteiger partial charge is 0.480 e. The SMILES string of the molecule is O=C(O)[C@@H]1C[C@@H](O)CN1S(=O)(=O)c1ccccc1Cl. The van der Waals surface area contributed by atoms with Crippen LogP contribution >= 0.6 is 11.6 Å². The standard InChI is InChI=1S/C11H12ClNO5S/c12-8-3-1-2-4-10(8)19(17,18)13-6-7(14)5-9(13)11(15)16/h1-4,7,9,14H,5-6H2,(H,15,16)/t7-,9+/m1/s1. The van der Waals surface area contributed by atoms with Gasteiger partial charge in [0.15, 0.2) is 0 Å². The van der Waals surface area contributed by atoms with Gasteiger partial charge in [0.25, 0.3) is 0 Å².